The van der Waals surface area contributed by atoms with E-state index < -0.39 is 10.0 Å². The van der Waals surface area contributed by atoms with Crippen molar-refractivity contribution in [3.8, 4) is 0 Å². The molecule has 0 aromatic heterocycles. The van der Waals surface area contributed by atoms with E-state index in [0.717, 1.165) is 12.8 Å². The summed E-state index contributed by atoms with van der Waals surface area (Å²) >= 11 is 0. The van der Waals surface area contributed by atoms with Gasteiger partial charge in [-0.25, -0.2) is 12.7 Å². The van der Waals surface area contributed by atoms with E-state index in [-0.39, 0.29) is 24.3 Å². The van der Waals surface area contributed by atoms with Crippen molar-refractivity contribution < 1.29 is 18.0 Å². The van der Waals surface area contributed by atoms with Crippen molar-refractivity contribution in [1.82, 2.24) is 14.1 Å². The first-order valence-electron chi connectivity index (χ1n) is 7.28. The molecule has 0 N–H and O–H groups in total. The van der Waals surface area contributed by atoms with Crippen molar-refractivity contribution >= 4 is 21.8 Å². The molecule has 0 bridgehead atoms. The summed E-state index contributed by atoms with van der Waals surface area (Å²) in [5, 5.41) is 0. The average Bonchev–Trinajstić information content (AvgIpc) is 2.46. The Morgan fingerprint density at radius 3 is 2.10 bits per heavy atom. The number of hydrogen-bond acceptors (Lipinski definition) is 4. The Hall–Kier alpha value is -1.15. The van der Waals surface area contributed by atoms with Crippen molar-refractivity contribution in [2.45, 2.75) is 19.8 Å². The van der Waals surface area contributed by atoms with Gasteiger partial charge in [-0.2, -0.15) is 0 Å². The highest BCUT2D eigenvalue weighted by Gasteiger charge is 2.33. The van der Waals surface area contributed by atoms with E-state index in [9.17, 15) is 18.0 Å². The summed E-state index contributed by atoms with van der Waals surface area (Å²) < 4.78 is 24.6. The molecular weight excluding hydrogens is 294 g/mol. The second-order valence-corrected chi connectivity index (χ2v) is 7.77. The third-order valence-corrected chi connectivity index (χ3v) is 5.51. The molecule has 2 aliphatic heterocycles. The van der Waals surface area contributed by atoms with Crippen molar-refractivity contribution in [2.75, 3.05) is 45.5 Å². The van der Waals surface area contributed by atoms with Gasteiger partial charge in [-0.15, -0.1) is 0 Å². The zero-order valence-corrected chi connectivity index (χ0v) is 13.4. The number of piperazine rings is 1. The molecule has 1 atom stereocenters. The third kappa shape index (κ3) is 3.94. The van der Waals surface area contributed by atoms with Crippen LogP contribution in [0.2, 0.25) is 0 Å². The van der Waals surface area contributed by atoms with E-state index in [4.69, 9.17) is 0 Å². The van der Waals surface area contributed by atoms with Crippen LogP contribution in [0.15, 0.2) is 0 Å². The maximum absolute atomic E-state index is 12.5. The molecule has 0 aromatic carbocycles. The number of nitrogens with zero attached hydrogens (tertiary/aromatic N) is 3. The van der Waals surface area contributed by atoms with Crippen LogP contribution in [0.4, 0.5) is 0 Å². The average molecular weight is 317 g/mol. The van der Waals surface area contributed by atoms with Gasteiger partial charge in [-0.05, 0) is 12.8 Å². The van der Waals surface area contributed by atoms with E-state index in [1.165, 1.54) is 17.5 Å². The van der Waals surface area contributed by atoms with Crippen LogP contribution < -0.4 is 0 Å². The number of piperidine rings is 1. The Kier molecular flexibility index (Phi) is 4.88. The fourth-order valence-electron chi connectivity index (χ4n) is 2.95. The Labute approximate surface area is 125 Å². The quantitative estimate of drug-likeness (QED) is 0.678. The van der Waals surface area contributed by atoms with Gasteiger partial charge in [-0.1, -0.05) is 0 Å². The van der Waals surface area contributed by atoms with E-state index in [1.807, 2.05) is 0 Å². The van der Waals surface area contributed by atoms with Crippen molar-refractivity contribution in [1.29, 1.82) is 0 Å². The molecule has 7 nitrogen and oxygen atoms in total. The number of carbonyl (C=O) groups is 2. The van der Waals surface area contributed by atoms with Gasteiger partial charge in [0.25, 0.3) is 0 Å². The summed E-state index contributed by atoms with van der Waals surface area (Å²) in [4.78, 5) is 27.3. The lowest BCUT2D eigenvalue weighted by Crippen LogP contribution is -2.53. The van der Waals surface area contributed by atoms with Crippen molar-refractivity contribution in [3.05, 3.63) is 0 Å². The van der Waals surface area contributed by atoms with Gasteiger partial charge < -0.3 is 9.80 Å². The van der Waals surface area contributed by atoms with E-state index in [2.05, 4.69) is 0 Å². The molecule has 120 valence electrons. The predicted octanol–water partition coefficient (Wildman–Crippen LogP) is -0.651. The number of amides is 2. The predicted molar refractivity (Wildman–Crippen MR) is 78.0 cm³/mol. The minimum Gasteiger partial charge on any atom is -0.339 e. The molecule has 2 amide bonds. The van der Waals surface area contributed by atoms with Gasteiger partial charge in [0.2, 0.25) is 21.8 Å². The Balaban J connectivity index is 1.93. The van der Waals surface area contributed by atoms with Gasteiger partial charge >= 0.3 is 0 Å². The maximum atomic E-state index is 12.5. The normalized spacial score (nSPS) is 25.0. The minimum atomic E-state index is -3.23. The van der Waals surface area contributed by atoms with E-state index >= 15 is 0 Å². The Bertz CT molecular complexity index is 512. The van der Waals surface area contributed by atoms with Gasteiger partial charge in [0, 0.05) is 46.2 Å². The topological polar surface area (TPSA) is 78.0 Å². The number of sulfonamides is 1. The standard InChI is InChI=1S/C13H23N3O4S/c1-11(17)14-6-8-15(9-7-14)13(18)12-4-3-5-16(10-12)21(2,19)20/h12H,3-10H2,1-2H3. The molecule has 0 radical (unpaired) electrons. The van der Waals surface area contributed by atoms with Crippen LogP contribution in [-0.4, -0.2) is 79.9 Å². The number of rotatable bonds is 2. The Morgan fingerprint density at radius 1 is 1.00 bits per heavy atom. The summed E-state index contributed by atoms with van der Waals surface area (Å²) in [6.45, 7) is 4.50. The molecule has 2 rings (SSSR count). The number of hydrogen-bond donors (Lipinski definition) is 0. The highest BCUT2D eigenvalue weighted by Crippen LogP contribution is 2.21. The molecule has 8 heteroatoms. The van der Waals surface area contributed by atoms with Crippen LogP contribution in [0.1, 0.15) is 19.8 Å². The van der Waals surface area contributed by atoms with Crippen LogP contribution in [0.3, 0.4) is 0 Å². The maximum Gasteiger partial charge on any atom is 0.227 e. The van der Waals surface area contributed by atoms with Gasteiger partial charge in [0.15, 0.2) is 0 Å². The highest BCUT2D eigenvalue weighted by atomic mass is 32.2. The van der Waals surface area contributed by atoms with Crippen LogP contribution in [0.5, 0.6) is 0 Å². The molecule has 2 aliphatic rings. The zero-order valence-electron chi connectivity index (χ0n) is 12.6. The molecule has 0 saturated carbocycles. The molecule has 2 saturated heterocycles. The zero-order chi connectivity index (χ0) is 15.6. The SMILES string of the molecule is CC(=O)N1CCN(C(=O)C2CCCN(S(C)(=O)=O)C2)CC1. The molecule has 2 heterocycles. The van der Waals surface area contributed by atoms with Gasteiger partial charge in [0.05, 0.1) is 12.2 Å². The first-order chi connectivity index (χ1) is 9.79. The van der Waals surface area contributed by atoms with Crippen LogP contribution in [0, 0.1) is 5.92 Å². The second-order valence-electron chi connectivity index (χ2n) is 5.79. The lowest BCUT2D eigenvalue weighted by Gasteiger charge is -2.38. The number of carbonyl (C=O) groups excluding carboxylic acids is 2. The van der Waals surface area contributed by atoms with E-state index in [0.29, 0.717) is 32.7 Å². The molecule has 1 unspecified atom stereocenters. The largest absolute Gasteiger partial charge is 0.339 e. The fraction of sp³-hybridized carbons (Fsp3) is 0.846. The monoisotopic (exact) mass is 317 g/mol. The van der Waals surface area contributed by atoms with Crippen LogP contribution in [-0.2, 0) is 19.6 Å². The Morgan fingerprint density at radius 2 is 1.57 bits per heavy atom. The lowest BCUT2D eigenvalue weighted by atomic mass is 9.98. The van der Waals surface area contributed by atoms with Crippen LogP contribution >= 0.6 is 0 Å². The van der Waals surface area contributed by atoms with Crippen LogP contribution in [0.25, 0.3) is 0 Å². The molecule has 2 fully saturated rings. The molecular formula is C13H23N3O4S. The first kappa shape index (κ1) is 16.2. The summed E-state index contributed by atoms with van der Waals surface area (Å²) in [6.07, 6.45) is 2.64. The summed E-state index contributed by atoms with van der Waals surface area (Å²) in [7, 11) is -3.23. The molecule has 0 aliphatic carbocycles. The van der Waals surface area contributed by atoms with Crippen molar-refractivity contribution in [2.24, 2.45) is 5.92 Å². The van der Waals surface area contributed by atoms with Gasteiger partial charge in [-0.3, -0.25) is 9.59 Å². The minimum absolute atomic E-state index is 0.0200. The molecule has 0 aromatic rings. The smallest absolute Gasteiger partial charge is 0.227 e. The highest BCUT2D eigenvalue weighted by molar-refractivity contribution is 7.88. The second kappa shape index (κ2) is 6.31. The molecule has 21 heavy (non-hydrogen) atoms. The lowest BCUT2D eigenvalue weighted by molar-refractivity contribution is -0.142. The third-order valence-electron chi connectivity index (χ3n) is 4.24. The first-order valence-corrected chi connectivity index (χ1v) is 9.13. The van der Waals surface area contributed by atoms with E-state index in [1.54, 1.807) is 9.80 Å². The van der Waals surface area contributed by atoms with Gasteiger partial charge in [0.1, 0.15) is 0 Å². The summed E-state index contributed by atoms with van der Waals surface area (Å²) in [5.41, 5.74) is 0. The summed E-state index contributed by atoms with van der Waals surface area (Å²) in [5.74, 6) is -0.202. The molecule has 0 spiro atoms. The van der Waals surface area contributed by atoms with Crippen molar-refractivity contribution in [3.63, 3.8) is 0 Å². The fourth-order valence-corrected chi connectivity index (χ4v) is 3.86. The summed E-state index contributed by atoms with van der Waals surface area (Å²) in [6, 6.07) is 0.